The standard InChI is InChI=1S/C16H16N2O/c1-12-2-6-14(7-3-12)16(11-18)19-15-8-4-13(10-17)5-9-15/h2-9,16H,11,18H2,1H3. The van der Waals surface area contributed by atoms with Crippen LogP contribution in [-0.2, 0) is 0 Å². The van der Waals surface area contributed by atoms with Crippen LogP contribution >= 0.6 is 0 Å². The second-order valence-electron chi connectivity index (χ2n) is 4.39. The van der Waals surface area contributed by atoms with Crippen molar-refractivity contribution in [3.05, 3.63) is 65.2 Å². The number of nitrogens with zero attached hydrogens (tertiary/aromatic N) is 1. The highest BCUT2D eigenvalue weighted by Crippen LogP contribution is 2.22. The summed E-state index contributed by atoms with van der Waals surface area (Å²) >= 11 is 0. The Kier molecular flexibility index (Phi) is 4.17. The molecule has 3 nitrogen and oxygen atoms in total. The summed E-state index contributed by atoms with van der Waals surface area (Å²) in [6, 6.07) is 17.3. The van der Waals surface area contributed by atoms with Crippen molar-refractivity contribution in [3.8, 4) is 11.8 Å². The van der Waals surface area contributed by atoms with E-state index in [1.165, 1.54) is 5.56 Å². The summed E-state index contributed by atoms with van der Waals surface area (Å²) in [5, 5.41) is 8.75. The molecule has 0 saturated carbocycles. The van der Waals surface area contributed by atoms with Gasteiger partial charge in [0, 0.05) is 6.54 Å². The van der Waals surface area contributed by atoms with E-state index in [9.17, 15) is 0 Å². The molecule has 2 aromatic rings. The number of aryl methyl sites for hydroxylation is 1. The van der Waals surface area contributed by atoms with Crippen molar-refractivity contribution in [1.29, 1.82) is 5.26 Å². The maximum atomic E-state index is 8.75. The highest BCUT2D eigenvalue weighted by Gasteiger charge is 2.11. The highest BCUT2D eigenvalue weighted by molar-refractivity contribution is 5.35. The monoisotopic (exact) mass is 252 g/mol. The number of nitrogens with two attached hydrogens (primary N) is 1. The molecule has 0 aromatic heterocycles. The van der Waals surface area contributed by atoms with Crippen LogP contribution in [0.25, 0.3) is 0 Å². The van der Waals surface area contributed by atoms with E-state index in [1.54, 1.807) is 24.3 Å². The van der Waals surface area contributed by atoms with E-state index in [2.05, 4.69) is 6.07 Å². The fraction of sp³-hybridized carbons (Fsp3) is 0.188. The topological polar surface area (TPSA) is 59.0 Å². The molecule has 2 rings (SSSR count). The zero-order valence-corrected chi connectivity index (χ0v) is 10.8. The predicted octanol–water partition coefficient (Wildman–Crippen LogP) is 2.95. The first-order chi connectivity index (χ1) is 9.22. The minimum absolute atomic E-state index is 0.173. The van der Waals surface area contributed by atoms with Crippen LogP contribution in [-0.4, -0.2) is 6.54 Å². The lowest BCUT2D eigenvalue weighted by molar-refractivity contribution is 0.214. The molecule has 96 valence electrons. The first-order valence-corrected chi connectivity index (χ1v) is 6.16. The summed E-state index contributed by atoms with van der Waals surface area (Å²) in [5.41, 5.74) is 8.65. The Labute approximate surface area is 113 Å². The fourth-order valence-electron chi connectivity index (χ4n) is 1.81. The molecule has 0 fully saturated rings. The Bertz CT molecular complexity index is 567. The molecular formula is C16H16N2O. The smallest absolute Gasteiger partial charge is 0.136 e. The molecule has 19 heavy (non-hydrogen) atoms. The molecule has 1 unspecified atom stereocenters. The van der Waals surface area contributed by atoms with Gasteiger partial charge in [0.05, 0.1) is 11.6 Å². The van der Waals surface area contributed by atoms with Crippen molar-refractivity contribution in [3.63, 3.8) is 0 Å². The van der Waals surface area contributed by atoms with Crippen molar-refractivity contribution in [2.45, 2.75) is 13.0 Å². The summed E-state index contributed by atoms with van der Waals surface area (Å²) in [4.78, 5) is 0. The van der Waals surface area contributed by atoms with Gasteiger partial charge < -0.3 is 10.5 Å². The van der Waals surface area contributed by atoms with E-state index < -0.39 is 0 Å². The molecule has 0 spiro atoms. The van der Waals surface area contributed by atoms with Crippen LogP contribution in [0.2, 0.25) is 0 Å². The average molecular weight is 252 g/mol. The molecule has 0 aliphatic heterocycles. The van der Waals surface area contributed by atoms with Gasteiger partial charge in [-0.25, -0.2) is 0 Å². The number of hydrogen-bond acceptors (Lipinski definition) is 3. The molecule has 3 heteroatoms. The van der Waals surface area contributed by atoms with Gasteiger partial charge in [-0.2, -0.15) is 5.26 Å². The normalized spacial score (nSPS) is 11.6. The molecule has 0 aliphatic rings. The van der Waals surface area contributed by atoms with Crippen LogP contribution in [0.1, 0.15) is 22.8 Å². The molecule has 0 saturated heterocycles. The zero-order valence-electron chi connectivity index (χ0n) is 10.8. The lowest BCUT2D eigenvalue weighted by atomic mass is 10.1. The van der Waals surface area contributed by atoms with Crippen LogP contribution in [0.3, 0.4) is 0 Å². The van der Waals surface area contributed by atoms with Crippen molar-refractivity contribution in [2.24, 2.45) is 5.73 Å². The molecule has 0 amide bonds. The first kappa shape index (κ1) is 13.1. The SMILES string of the molecule is Cc1ccc(C(CN)Oc2ccc(C#N)cc2)cc1. The molecule has 0 aliphatic carbocycles. The summed E-state index contributed by atoms with van der Waals surface area (Å²) in [6.07, 6.45) is -0.173. The summed E-state index contributed by atoms with van der Waals surface area (Å²) in [5.74, 6) is 0.718. The Morgan fingerprint density at radius 2 is 1.74 bits per heavy atom. The van der Waals surface area contributed by atoms with E-state index >= 15 is 0 Å². The lowest BCUT2D eigenvalue weighted by Crippen LogP contribution is -2.18. The van der Waals surface area contributed by atoms with Gasteiger partial charge in [0.25, 0.3) is 0 Å². The van der Waals surface area contributed by atoms with Gasteiger partial charge in [-0.15, -0.1) is 0 Å². The minimum Gasteiger partial charge on any atom is -0.484 e. The van der Waals surface area contributed by atoms with Crippen molar-refractivity contribution < 1.29 is 4.74 Å². The first-order valence-electron chi connectivity index (χ1n) is 6.16. The van der Waals surface area contributed by atoms with Gasteiger partial charge in [-0.3, -0.25) is 0 Å². The van der Waals surface area contributed by atoms with Crippen molar-refractivity contribution in [2.75, 3.05) is 6.54 Å². The summed E-state index contributed by atoms with van der Waals surface area (Å²) in [7, 11) is 0. The number of nitriles is 1. The molecular weight excluding hydrogens is 236 g/mol. The zero-order chi connectivity index (χ0) is 13.7. The van der Waals surface area contributed by atoms with Crippen LogP contribution in [0.15, 0.2) is 48.5 Å². The van der Waals surface area contributed by atoms with Crippen LogP contribution < -0.4 is 10.5 Å². The Morgan fingerprint density at radius 1 is 1.11 bits per heavy atom. The highest BCUT2D eigenvalue weighted by atomic mass is 16.5. The number of rotatable bonds is 4. The number of benzene rings is 2. The van der Waals surface area contributed by atoms with Gasteiger partial charge in [0.2, 0.25) is 0 Å². The Hall–Kier alpha value is -2.31. The maximum absolute atomic E-state index is 8.75. The van der Waals surface area contributed by atoms with Crippen LogP contribution in [0, 0.1) is 18.3 Å². The van der Waals surface area contributed by atoms with Gasteiger partial charge >= 0.3 is 0 Å². The van der Waals surface area contributed by atoms with Gasteiger partial charge in [0.1, 0.15) is 11.9 Å². The molecule has 2 aromatic carbocycles. The van der Waals surface area contributed by atoms with Gasteiger partial charge in [0.15, 0.2) is 0 Å². The van der Waals surface area contributed by atoms with Crippen LogP contribution in [0.5, 0.6) is 5.75 Å². The van der Waals surface area contributed by atoms with Crippen molar-refractivity contribution >= 4 is 0 Å². The third-order valence-electron chi connectivity index (χ3n) is 2.92. The van der Waals surface area contributed by atoms with E-state index in [0.717, 1.165) is 11.3 Å². The van der Waals surface area contributed by atoms with E-state index in [-0.39, 0.29) is 6.10 Å². The lowest BCUT2D eigenvalue weighted by Gasteiger charge is -2.18. The number of ether oxygens (including phenoxy) is 1. The predicted molar refractivity (Wildman–Crippen MR) is 74.8 cm³/mol. The second kappa shape index (κ2) is 6.03. The average Bonchev–Trinajstić information content (AvgIpc) is 2.46. The van der Waals surface area contributed by atoms with Crippen LogP contribution in [0.4, 0.5) is 0 Å². The second-order valence-corrected chi connectivity index (χ2v) is 4.39. The molecule has 1 atom stereocenters. The Balaban J connectivity index is 2.14. The largest absolute Gasteiger partial charge is 0.484 e. The molecule has 0 bridgehead atoms. The minimum atomic E-state index is -0.173. The summed E-state index contributed by atoms with van der Waals surface area (Å²) in [6.45, 7) is 2.45. The van der Waals surface area contributed by atoms with Crippen molar-refractivity contribution in [1.82, 2.24) is 0 Å². The van der Waals surface area contributed by atoms with Gasteiger partial charge in [-0.05, 0) is 36.8 Å². The third kappa shape index (κ3) is 3.34. The van der Waals surface area contributed by atoms with E-state index in [0.29, 0.717) is 12.1 Å². The molecule has 2 N–H and O–H groups in total. The van der Waals surface area contributed by atoms with Gasteiger partial charge in [-0.1, -0.05) is 29.8 Å². The fourth-order valence-corrected chi connectivity index (χ4v) is 1.81. The van der Waals surface area contributed by atoms with E-state index in [1.807, 2.05) is 31.2 Å². The number of hydrogen-bond donors (Lipinski definition) is 1. The third-order valence-corrected chi connectivity index (χ3v) is 2.92. The maximum Gasteiger partial charge on any atom is 0.136 e. The van der Waals surface area contributed by atoms with E-state index in [4.69, 9.17) is 15.7 Å². The quantitative estimate of drug-likeness (QED) is 0.910. The molecule has 0 radical (unpaired) electrons. The Morgan fingerprint density at radius 3 is 2.26 bits per heavy atom. The molecule has 0 heterocycles. The summed E-state index contributed by atoms with van der Waals surface area (Å²) < 4.78 is 5.85.